The molecule has 0 saturated carbocycles. The van der Waals surface area contributed by atoms with Gasteiger partial charge in [-0.15, -0.1) is 0 Å². The number of fused-ring (bicyclic) bond motifs is 1. The molecule has 1 aromatic heterocycles. The molecule has 0 saturated heterocycles. The van der Waals surface area contributed by atoms with Crippen molar-refractivity contribution in [2.75, 3.05) is 0 Å². The number of aromatic nitrogens is 2. The minimum absolute atomic E-state index is 0.285. The number of para-hydroxylation sites is 2. The van der Waals surface area contributed by atoms with Crippen LogP contribution >= 0.6 is 11.8 Å². The third-order valence-electron chi connectivity index (χ3n) is 5.19. The summed E-state index contributed by atoms with van der Waals surface area (Å²) in [5, 5.41) is 10.3. The van der Waals surface area contributed by atoms with Gasteiger partial charge in [0.15, 0.2) is 5.16 Å². The number of rotatable bonds is 7. The highest BCUT2D eigenvalue weighted by molar-refractivity contribution is 7.98. The molecule has 6 nitrogen and oxygen atoms in total. The Morgan fingerprint density at radius 1 is 0.912 bits per heavy atom. The number of hydrogen-bond acceptors (Lipinski definition) is 5. The van der Waals surface area contributed by atoms with Gasteiger partial charge in [0.25, 0.3) is 0 Å². The van der Waals surface area contributed by atoms with E-state index in [2.05, 4.69) is 4.57 Å². The predicted molar refractivity (Wildman–Crippen MR) is 133 cm³/mol. The molecule has 0 aliphatic rings. The molecule has 4 rings (SSSR count). The topological polar surface area (TPSA) is 81.4 Å². The van der Waals surface area contributed by atoms with Crippen molar-refractivity contribution >= 4 is 34.7 Å². The van der Waals surface area contributed by atoms with Gasteiger partial charge in [0.2, 0.25) is 0 Å². The highest BCUT2D eigenvalue weighted by Crippen LogP contribution is 2.29. The van der Waals surface area contributed by atoms with E-state index < -0.39 is 11.6 Å². The zero-order chi connectivity index (χ0) is 24.3. The summed E-state index contributed by atoms with van der Waals surface area (Å²) < 4.78 is 7.68. The summed E-state index contributed by atoms with van der Waals surface area (Å²) in [6, 6.07) is 22.2. The maximum Gasteiger partial charge on any atom is 0.338 e. The fourth-order valence-corrected chi connectivity index (χ4v) is 4.69. The Morgan fingerprint density at radius 2 is 1.53 bits per heavy atom. The first kappa shape index (κ1) is 23.6. The lowest BCUT2D eigenvalue weighted by atomic mass is 10.1. The number of thioether (sulfide) groups is 1. The van der Waals surface area contributed by atoms with E-state index in [9.17, 15) is 14.7 Å². The molecule has 4 aromatic rings. The van der Waals surface area contributed by atoms with Gasteiger partial charge in [0.1, 0.15) is 5.60 Å². The monoisotopic (exact) mass is 474 g/mol. The lowest BCUT2D eigenvalue weighted by Gasteiger charge is -2.21. The number of benzene rings is 3. The number of hydrogen-bond donors (Lipinski definition) is 1. The van der Waals surface area contributed by atoms with E-state index in [0.29, 0.717) is 17.9 Å². The van der Waals surface area contributed by atoms with Crippen LogP contribution < -0.4 is 0 Å². The second-order valence-corrected chi connectivity index (χ2v) is 9.82. The lowest BCUT2D eigenvalue weighted by Crippen LogP contribution is -2.24. The van der Waals surface area contributed by atoms with Crippen LogP contribution in [0.4, 0.5) is 0 Å². The molecule has 174 valence electrons. The minimum Gasteiger partial charge on any atom is -0.478 e. The first-order valence-corrected chi connectivity index (χ1v) is 11.9. The van der Waals surface area contributed by atoms with Gasteiger partial charge in [-0.25, -0.2) is 14.6 Å². The minimum atomic E-state index is -0.948. The van der Waals surface area contributed by atoms with Gasteiger partial charge in [-0.1, -0.05) is 60.3 Å². The average molecular weight is 475 g/mol. The molecule has 0 spiro atoms. The Bertz CT molecular complexity index is 1350. The SMILES string of the molecule is CC(C)(C)OC(=O)c1ccccc1Cn1c(SCc2ccccc2C(=O)O)nc2ccccc21. The Morgan fingerprint density at radius 3 is 2.24 bits per heavy atom. The molecule has 0 atom stereocenters. The van der Waals surface area contributed by atoms with Crippen LogP contribution in [0.1, 0.15) is 52.6 Å². The van der Waals surface area contributed by atoms with Crippen LogP contribution in [-0.2, 0) is 17.0 Å². The number of carboxylic acid groups (broad SMARTS) is 1. The number of carbonyl (C=O) groups is 2. The largest absolute Gasteiger partial charge is 0.478 e. The molecule has 0 bridgehead atoms. The Hall–Kier alpha value is -3.58. The van der Waals surface area contributed by atoms with E-state index in [4.69, 9.17) is 9.72 Å². The summed E-state index contributed by atoms with van der Waals surface area (Å²) in [4.78, 5) is 29.3. The summed E-state index contributed by atoms with van der Waals surface area (Å²) in [7, 11) is 0. The fourth-order valence-electron chi connectivity index (χ4n) is 3.67. The molecule has 0 amide bonds. The molecule has 0 aliphatic heterocycles. The van der Waals surface area contributed by atoms with Crippen molar-refractivity contribution in [3.63, 3.8) is 0 Å². The zero-order valence-corrected chi connectivity index (χ0v) is 20.1. The highest BCUT2D eigenvalue weighted by atomic mass is 32.2. The molecule has 7 heteroatoms. The van der Waals surface area contributed by atoms with Gasteiger partial charge >= 0.3 is 11.9 Å². The summed E-state index contributed by atoms with van der Waals surface area (Å²) in [6.45, 7) is 5.97. The van der Waals surface area contributed by atoms with Crippen molar-refractivity contribution in [3.05, 3.63) is 95.1 Å². The second kappa shape index (κ2) is 9.73. The van der Waals surface area contributed by atoms with Crippen molar-refractivity contribution < 1.29 is 19.4 Å². The summed E-state index contributed by atoms with van der Waals surface area (Å²) in [5.41, 5.74) is 3.54. The number of carbonyl (C=O) groups excluding carboxylic acids is 1. The van der Waals surface area contributed by atoms with Crippen LogP contribution in [0.2, 0.25) is 0 Å². The van der Waals surface area contributed by atoms with E-state index in [0.717, 1.165) is 27.3 Å². The molecule has 0 radical (unpaired) electrons. The fraction of sp³-hybridized carbons (Fsp3) is 0.222. The highest BCUT2D eigenvalue weighted by Gasteiger charge is 2.21. The number of imidazole rings is 1. The van der Waals surface area contributed by atoms with E-state index in [-0.39, 0.29) is 11.5 Å². The summed E-state index contributed by atoms with van der Waals surface area (Å²) in [5.74, 6) is -0.854. The standard InChI is InChI=1S/C27H26N2O4S/c1-27(2,3)33-25(32)21-13-7-4-10-18(21)16-29-23-15-9-8-14-22(23)28-26(29)34-17-19-11-5-6-12-20(19)24(30)31/h4-15H,16-17H2,1-3H3,(H,30,31). The number of ether oxygens (including phenoxy) is 1. The summed E-state index contributed by atoms with van der Waals surface area (Å²) in [6.07, 6.45) is 0. The number of aromatic carboxylic acids is 1. The number of esters is 1. The predicted octanol–water partition coefficient (Wildman–Crippen LogP) is 6.03. The third-order valence-corrected chi connectivity index (χ3v) is 6.21. The van der Waals surface area contributed by atoms with Crippen molar-refractivity contribution in [2.24, 2.45) is 0 Å². The maximum atomic E-state index is 12.9. The van der Waals surface area contributed by atoms with Crippen LogP contribution in [0.25, 0.3) is 11.0 Å². The molecular formula is C27H26N2O4S. The van der Waals surface area contributed by atoms with E-state index in [1.54, 1.807) is 18.2 Å². The van der Waals surface area contributed by atoms with Gasteiger partial charge in [-0.3, -0.25) is 0 Å². The van der Waals surface area contributed by atoms with Crippen LogP contribution in [0.15, 0.2) is 78.0 Å². The van der Waals surface area contributed by atoms with Crippen LogP contribution in [-0.4, -0.2) is 32.2 Å². The molecule has 1 heterocycles. The molecule has 3 aromatic carbocycles. The van der Waals surface area contributed by atoms with Gasteiger partial charge < -0.3 is 14.4 Å². The number of carboxylic acids is 1. The van der Waals surface area contributed by atoms with Crippen molar-refractivity contribution in [1.82, 2.24) is 9.55 Å². The molecule has 34 heavy (non-hydrogen) atoms. The van der Waals surface area contributed by atoms with Gasteiger partial charge in [0, 0.05) is 5.75 Å². The van der Waals surface area contributed by atoms with Crippen LogP contribution in [0.3, 0.4) is 0 Å². The van der Waals surface area contributed by atoms with Gasteiger partial charge in [-0.05, 0) is 56.2 Å². The van der Waals surface area contributed by atoms with Crippen molar-refractivity contribution in [2.45, 2.75) is 43.8 Å². The third kappa shape index (κ3) is 5.31. The maximum absolute atomic E-state index is 12.9. The molecule has 0 fully saturated rings. The van der Waals surface area contributed by atoms with E-state index in [1.165, 1.54) is 11.8 Å². The summed E-state index contributed by atoms with van der Waals surface area (Å²) >= 11 is 1.47. The Labute approximate surface area is 202 Å². The average Bonchev–Trinajstić information content (AvgIpc) is 3.14. The first-order valence-electron chi connectivity index (χ1n) is 10.9. The lowest BCUT2D eigenvalue weighted by molar-refractivity contribution is 0.00680. The van der Waals surface area contributed by atoms with Crippen molar-refractivity contribution in [1.29, 1.82) is 0 Å². The smallest absolute Gasteiger partial charge is 0.338 e. The molecular weight excluding hydrogens is 448 g/mol. The Kier molecular flexibility index (Phi) is 6.75. The molecule has 1 N–H and O–H groups in total. The van der Waals surface area contributed by atoms with Gasteiger partial charge in [0.05, 0.1) is 28.7 Å². The van der Waals surface area contributed by atoms with Gasteiger partial charge in [-0.2, -0.15) is 0 Å². The molecule has 0 aliphatic carbocycles. The second-order valence-electron chi connectivity index (χ2n) is 8.88. The quantitative estimate of drug-likeness (QED) is 0.260. The van der Waals surface area contributed by atoms with Crippen molar-refractivity contribution in [3.8, 4) is 0 Å². The zero-order valence-electron chi connectivity index (χ0n) is 19.3. The van der Waals surface area contributed by atoms with E-state index >= 15 is 0 Å². The first-order chi connectivity index (χ1) is 16.2. The van der Waals surface area contributed by atoms with E-state index in [1.807, 2.05) is 75.4 Å². The van der Waals surface area contributed by atoms with Crippen LogP contribution in [0, 0.1) is 0 Å². The Balaban J connectivity index is 1.69. The van der Waals surface area contributed by atoms with Crippen LogP contribution in [0.5, 0.6) is 0 Å². The number of nitrogens with zero attached hydrogens (tertiary/aromatic N) is 2. The molecule has 0 unspecified atom stereocenters. The normalized spacial score (nSPS) is 11.5.